The van der Waals surface area contributed by atoms with Crippen molar-refractivity contribution in [2.24, 2.45) is 4.99 Å². The van der Waals surface area contributed by atoms with Crippen molar-refractivity contribution in [3.63, 3.8) is 0 Å². The van der Waals surface area contributed by atoms with E-state index in [4.69, 9.17) is 21.1 Å². The van der Waals surface area contributed by atoms with Crippen LogP contribution in [0.1, 0.15) is 30.0 Å². The van der Waals surface area contributed by atoms with Crippen molar-refractivity contribution in [2.45, 2.75) is 26.7 Å². The Hall–Kier alpha value is -2.41. The number of aliphatic imine (C=N–C) groups is 1. The first-order valence-corrected chi connectivity index (χ1v) is 11.4. The van der Waals surface area contributed by atoms with E-state index in [0.29, 0.717) is 18.1 Å². The van der Waals surface area contributed by atoms with Gasteiger partial charge in [-0.25, -0.2) is 9.38 Å². The summed E-state index contributed by atoms with van der Waals surface area (Å²) in [6, 6.07) is 8.63. The summed E-state index contributed by atoms with van der Waals surface area (Å²) in [5, 5.41) is 3.28. The van der Waals surface area contributed by atoms with Gasteiger partial charge in [0, 0.05) is 37.1 Å². The number of hydrogen-bond acceptors (Lipinski definition) is 4. The zero-order valence-corrected chi connectivity index (χ0v) is 19.6. The molecule has 0 radical (unpaired) electrons. The van der Waals surface area contributed by atoms with E-state index in [2.05, 4.69) is 34.8 Å². The van der Waals surface area contributed by atoms with Gasteiger partial charge < -0.3 is 14.8 Å². The Labute approximate surface area is 194 Å². The molecule has 2 aromatic rings. The van der Waals surface area contributed by atoms with E-state index in [-0.39, 0.29) is 5.02 Å². The minimum absolute atomic E-state index is 0.0512. The van der Waals surface area contributed by atoms with Crippen molar-refractivity contribution in [1.82, 2.24) is 4.90 Å². The Kier molecular flexibility index (Phi) is 9.09. The van der Waals surface area contributed by atoms with E-state index in [9.17, 15) is 4.39 Å². The number of ether oxygens (including phenoxy) is 2. The second kappa shape index (κ2) is 12.0. The van der Waals surface area contributed by atoms with Crippen LogP contribution in [0.25, 0.3) is 0 Å². The maximum absolute atomic E-state index is 13.5. The number of benzene rings is 2. The number of nitrogens with one attached hydrogen (secondary N) is 1. The monoisotopic (exact) mass is 459 g/mol. The first kappa shape index (κ1) is 24.2. The highest BCUT2D eigenvalue weighted by molar-refractivity contribution is 6.31. The van der Waals surface area contributed by atoms with Crippen LogP contribution in [0.4, 0.5) is 10.1 Å². The molecule has 0 aliphatic carbocycles. The third-order valence-electron chi connectivity index (χ3n) is 5.43. The molecule has 5 nitrogen and oxygen atoms in total. The molecule has 1 heterocycles. The van der Waals surface area contributed by atoms with Gasteiger partial charge >= 0.3 is 0 Å². The Morgan fingerprint density at radius 2 is 2.09 bits per heavy atom. The van der Waals surface area contributed by atoms with Gasteiger partial charge in [-0.3, -0.25) is 4.90 Å². The molecule has 2 aromatic carbocycles. The molecule has 7 heteroatoms. The number of morpholine rings is 1. The van der Waals surface area contributed by atoms with Crippen molar-refractivity contribution in [3.8, 4) is 5.75 Å². The van der Waals surface area contributed by atoms with Crippen molar-refractivity contribution < 1.29 is 13.9 Å². The van der Waals surface area contributed by atoms with E-state index in [1.807, 2.05) is 13.0 Å². The third kappa shape index (κ3) is 6.55. The summed E-state index contributed by atoms with van der Waals surface area (Å²) in [7, 11) is 0. The van der Waals surface area contributed by atoms with Crippen LogP contribution in [-0.2, 0) is 11.2 Å². The van der Waals surface area contributed by atoms with Crippen LogP contribution in [0.3, 0.4) is 0 Å². The molecule has 172 valence electrons. The molecule has 1 aliphatic heterocycles. The van der Waals surface area contributed by atoms with Gasteiger partial charge in [0.15, 0.2) is 0 Å². The van der Waals surface area contributed by atoms with E-state index in [1.165, 1.54) is 18.3 Å². The smallest absolute Gasteiger partial charge is 0.141 e. The average molecular weight is 460 g/mol. The number of anilines is 1. The maximum atomic E-state index is 13.5. The van der Waals surface area contributed by atoms with Gasteiger partial charge in [-0.05, 0) is 55.2 Å². The molecule has 0 atom stereocenters. The van der Waals surface area contributed by atoms with Crippen LogP contribution in [0.5, 0.6) is 5.75 Å². The van der Waals surface area contributed by atoms with Gasteiger partial charge in [0.05, 0.1) is 24.8 Å². The first-order valence-electron chi connectivity index (χ1n) is 11.0. The fourth-order valence-corrected chi connectivity index (χ4v) is 3.86. The lowest BCUT2D eigenvalue weighted by molar-refractivity contribution is 0.0358. The largest absolute Gasteiger partial charge is 0.493 e. The molecule has 0 amide bonds. The quantitative estimate of drug-likeness (QED) is 0.307. The summed E-state index contributed by atoms with van der Waals surface area (Å²) in [5.41, 5.74) is 3.75. The molecule has 0 bridgehead atoms. The lowest BCUT2D eigenvalue weighted by atomic mass is 10.0. The fourth-order valence-electron chi connectivity index (χ4n) is 3.68. The van der Waals surface area contributed by atoms with Crippen molar-refractivity contribution >= 4 is 23.1 Å². The molecule has 3 rings (SSSR count). The molecular weight excluding hydrogens is 429 g/mol. The number of nitrogens with zero attached hydrogens (tertiary/aromatic N) is 2. The summed E-state index contributed by atoms with van der Waals surface area (Å²) in [5.74, 6) is 0.988. The molecule has 0 aromatic heterocycles. The van der Waals surface area contributed by atoms with Crippen molar-refractivity contribution in [2.75, 3.05) is 44.8 Å². The SMILES string of the molecule is C=CN=C(Nc1ccc(F)c(Cl)c1)c1cc(OCCCN2CCOCC2)c(CC)cc1C. The van der Waals surface area contributed by atoms with Crippen LogP contribution in [0.15, 0.2) is 48.1 Å². The fraction of sp³-hybridized carbons (Fsp3) is 0.400. The number of hydrogen-bond donors (Lipinski definition) is 1. The number of aryl methyl sites for hydroxylation is 2. The number of amidine groups is 1. The lowest BCUT2D eigenvalue weighted by Crippen LogP contribution is -2.37. The molecule has 1 saturated heterocycles. The predicted octanol–water partition coefficient (Wildman–Crippen LogP) is 5.45. The highest BCUT2D eigenvalue weighted by atomic mass is 35.5. The second-order valence-corrected chi connectivity index (χ2v) is 8.11. The number of rotatable bonds is 9. The van der Waals surface area contributed by atoms with E-state index >= 15 is 0 Å². The predicted molar refractivity (Wildman–Crippen MR) is 130 cm³/mol. The molecule has 1 aliphatic rings. The average Bonchev–Trinajstić information content (AvgIpc) is 2.80. The van der Waals surface area contributed by atoms with Crippen LogP contribution in [-0.4, -0.2) is 50.2 Å². The molecule has 32 heavy (non-hydrogen) atoms. The zero-order chi connectivity index (χ0) is 22.9. The standard InChI is InChI=1S/C25H31ClFN3O2/c1-4-19-15-18(3)21(17-24(19)32-12-6-9-30-10-13-31-14-11-30)25(28-5-2)29-20-7-8-23(27)22(26)16-20/h5,7-8,15-17H,2,4,6,9-14H2,1,3H3,(H,28,29). The minimum Gasteiger partial charge on any atom is -0.493 e. The van der Waals surface area contributed by atoms with Crippen molar-refractivity contribution in [1.29, 1.82) is 0 Å². The van der Waals surface area contributed by atoms with Crippen LogP contribution >= 0.6 is 11.6 Å². The van der Waals surface area contributed by atoms with Crippen LogP contribution < -0.4 is 10.1 Å². The van der Waals surface area contributed by atoms with Crippen molar-refractivity contribution in [3.05, 3.63) is 70.6 Å². The van der Waals surface area contributed by atoms with Gasteiger partial charge in [-0.1, -0.05) is 31.2 Å². The van der Waals surface area contributed by atoms with E-state index < -0.39 is 5.82 Å². The normalized spacial score (nSPS) is 14.9. The Balaban J connectivity index is 1.75. The molecule has 0 saturated carbocycles. The zero-order valence-electron chi connectivity index (χ0n) is 18.8. The summed E-state index contributed by atoms with van der Waals surface area (Å²) < 4.78 is 25.1. The van der Waals surface area contributed by atoms with E-state index in [1.54, 1.807) is 6.07 Å². The summed E-state index contributed by atoms with van der Waals surface area (Å²) in [6.07, 6.45) is 3.30. The number of halogens is 2. The minimum atomic E-state index is -0.462. The molecular formula is C25H31ClFN3O2. The Bertz CT molecular complexity index is 958. The molecule has 0 spiro atoms. The van der Waals surface area contributed by atoms with Gasteiger partial charge in [0.25, 0.3) is 0 Å². The maximum Gasteiger partial charge on any atom is 0.141 e. The summed E-state index contributed by atoms with van der Waals surface area (Å²) in [4.78, 5) is 6.82. The summed E-state index contributed by atoms with van der Waals surface area (Å²) >= 11 is 5.94. The lowest BCUT2D eigenvalue weighted by Gasteiger charge is -2.26. The summed E-state index contributed by atoms with van der Waals surface area (Å²) in [6.45, 7) is 13.1. The first-order chi connectivity index (χ1) is 15.5. The highest BCUT2D eigenvalue weighted by Gasteiger charge is 2.14. The van der Waals surface area contributed by atoms with Gasteiger partial charge in [-0.15, -0.1) is 0 Å². The van der Waals surface area contributed by atoms with Gasteiger partial charge in [-0.2, -0.15) is 0 Å². The van der Waals surface area contributed by atoms with E-state index in [0.717, 1.165) is 68.1 Å². The van der Waals surface area contributed by atoms with Gasteiger partial charge in [0.2, 0.25) is 0 Å². The molecule has 1 fully saturated rings. The Morgan fingerprint density at radius 1 is 1.31 bits per heavy atom. The highest BCUT2D eigenvalue weighted by Crippen LogP contribution is 2.27. The van der Waals surface area contributed by atoms with Crippen LogP contribution in [0, 0.1) is 12.7 Å². The molecule has 0 unspecified atom stereocenters. The topological polar surface area (TPSA) is 46.1 Å². The van der Waals surface area contributed by atoms with Crippen LogP contribution in [0.2, 0.25) is 5.02 Å². The molecule has 1 N–H and O–H groups in total. The Morgan fingerprint density at radius 3 is 2.78 bits per heavy atom. The second-order valence-electron chi connectivity index (χ2n) is 7.70. The van der Waals surface area contributed by atoms with Gasteiger partial charge in [0.1, 0.15) is 17.4 Å². The third-order valence-corrected chi connectivity index (χ3v) is 5.72.